The van der Waals surface area contributed by atoms with E-state index in [0.717, 1.165) is 42.4 Å². The molecule has 6 heteroatoms. The molecular formula is C23H28N4O2. The molecule has 0 aliphatic carbocycles. The molecule has 1 heterocycles. The van der Waals surface area contributed by atoms with Crippen LogP contribution in [0.25, 0.3) is 11.5 Å². The van der Waals surface area contributed by atoms with E-state index in [1.54, 1.807) is 20.4 Å². The lowest BCUT2D eigenvalue weighted by molar-refractivity contribution is 0.414. The van der Waals surface area contributed by atoms with Crippen LogP contribution in [-0.4, -0.2) is 31.6 Å². The summed E-state index contributed by atoms with van der Waals surface area (Å²) in [5.41, 5.74) is 4.28. The zero-order valence-electron chi connectivity index (χ0n) is 17.2. The van der Waals surface area contributed by atoms with Crippen LogP contribution >= 0.6 is 0 Å². The lowest BCUT2D eigenvalue weighted by atomic mass is 10.1. The van der Waals surface area contributed by atoms with Crippen molar-refractivity contribution in [1.29, 1.82) is 0 Å². The Morgan fingerprint density at radius 1 is 1.14 bits per heavy atom. The summed E-state index contributed by atoms with van der Waals surface area (Å²) in [7, 11) is 3.45. The summed E-state index contributed by atoms with van der Waals surface area (Å²) in [5, 5.41) is 6.61. The first-order valence-corrected chi connectivity index (χ1v) is 9.77. The molecule has 0 bridgehead atoms. The Labute approximate surface area is 172 Å². The van der Waals surface area contributed by atoms with Gasteiger partial charge in [-0.3, -0.25) is 4.99 Å². The SMILES string of the molecule is CN=C(NCCCc1cccc(OC)c1)NCc1coc(-c2ccc(C)cc2)n1. The fourth-order valence-electron chi connectivity index (χ4n) is 2.94. The van der Waals surface area contributed by atoms with E-state index in [1.165, 1.54) is 11.1 Å². The molecule has 152 valence electrons. The predicted molar refractivity (Wildman–Crippen MR) is 116 cm³/mol. The van der Waals surface area contributed by atoms with Crippen LogP contribution in [0.15, 0.2) is 64.2 Å². The van der Waals surface area contributed by atoms with E-state index in [2.05, 4.69) is 51.8 Å². The quantitative estimate of drug-likeness (QED) is 0.345. The Kier molecular flexibility index (Phi) is 7.28. The van der Waals surface area contributed by atoms with Crippen molar-refractivity contribution in [2.24, 2.45) is 4.99 Å². The number of aliphatic imine (C=N–C) groups is 1. The third-order valence-electron chi connectivity index (χ3n) is 4.58. The second-order valence-corrected chi connectivity index (χ2v) is 6.82. The molecule has 0 aliphatic heterocycles. The lowest BCUT2D eigenvalue weighted by Crippen LogP contribution is -2.37. The van der Waals surface area contributed by atoms with Crippen molar-refractivity contribution >= 4 is 5.96 Å². The molecule has 0 saturated carbocycles. The second kappa shape index (κ2) is 10.3. The highest BCUT2D eigenvalue weighted by atomic mass is 16.5. The second-order valence-electron chi connectivity index (χ2n) is 6.82. The smallest absolute Gasteiger partial charge is 0.226 e. The van der Waals surface area contributed by atoms with Crippen molar-refractivity contribution < 1.29 is 9.15 Å². The fraction of sp³-hybridized carbons (Fsp3) is 0.304. The summed E-state index contributed by atoms with van der Waals surface area (Å²) in [4.78, 5) is 8.81. The van der Waals surface area contributed by atoms with Crippen molar-refractivity contribution in [1.82, 2.24) is 15.6 Å². The molecular weight excluding hydrogens is 364 g/mol. The number of nitrogens with one attached hydrogen (secondary N) is 2. The first kappa shape index (κ1) is 20.5. The number of ether oxygens (including phenoxy) is 1. The average molecular weight is 393 g/mol. The summed E-state index contributed by atoms with van der Waals surface area (Å²) < 4.78 is 10.9. The third kappa shape index (κ3) is 6.10. The Morgan fingerprint density at radius 3 is 2.72 bits per heavy atom. The Morgan fingerprint density at radius 2 is 1.97 bits per heavy atom. The van der Waals surface area contributed by atoms with Crippen LogP contribution in [0.4, 0.5) is 0 Å². The number of nitrogens with zero attached hydrogens (tertiary/aromatic N) is 2. The van der Waals surface area contributed by atoms with Crippen LogP contribution < -0.4 is 15.4 Å². The van der Waals surface area contributed by atoms with Gasteiger partial charge in [-0.1, -0.05) is 29.8 Å². The monoisotopic (exact) mass is 392 g/mol. The highest BCUT2D eigenvalue weighted by Crippen LogP contribution is 2.19. The summed E-state index contributed by atoms with van der Waals surface area (Å²) in [6.07, 6.45) is 3.65. The molecule has 2 N–H and O–H groups in total. The van der Waals surface area contributed by atoms with Gasteiger partial charge >= 0.3 is 0 Å². The molecule has 29 heavy (non-hydrogen) atoms. The lowest BCUT2D eigenvalue weighted by Gasteiger charge is -2.11. The van der Waals surface area contributed by atoms with Gasteiger partial charge in [-0.25, -0.2) is 4.98 Å². The predicted octanol–water partition coefficient (Wildman–Crippen LogP) is 3.96. The van der Waals surface area contributed by atoms with E-state index in [1.807, 2.05) is 24.3 Å². The van der Waals surface area contributed by atoms with E-state index in [9.17, 15) is 0 Å². The van der Waals surface area contributed by atoms with Gasteiger partial charge in [0.25, 0.3) is 0 Å². The Balaban J connectivity index is 1.43. The minimum absolute atomic E-state index is 0.547. The van der Waals surface area contributed by atoms with Crippen LogP contribution in [0, 0.1) is 6.92 Å². The molecule has 0 unspecified atom stereocenters. The fourth-order valence-corrected chi connectivity index (χ4v) is 2.94. The van der Waals surface area contributed by atoms with Crippen molar-refractivity contribution in [2.75, 3.05) is 20.7 Å². The average Bonchev–Trinajstić information content (AvgIpc) is 3.23. The number of methoxy groups -OCH3 is 1. The number of guanidine groups is 1. The normalized spacial score (nSPS) is 11.3. The minimum Gasteiger partial charge on any atom is -0.497 e. The van der Waals surface area contributed by atoms with Gasteiger partial charge < -0.3 is 19.8 Å². The number of hydrogen-bond acceptors (Lipinski definition) is 4. The van der Waals surface area contributed by atoms with Gasteiger partial charge in [-0.15, -0.1) is 0 Å². The van der Waals surface area contributed by atoms with Crippen molar-refractivity contribution in [3.8, 4) is 17.2 Å². The molecule has 3 aromatic rings. The number of aromatic nitrogens is 1. The minimum atomic E-state index is 0.547. The van der Waals surface area contributed by atoms with Gasteiger partial charge in [-0.05, 0) is 49.6 Å². The van der Waals surface area contributed by atoms with Gasteiger partial charge in [0, 0.05) is 19.2 Å². The van der Waals surface area contributed by atoms with Gasteiger partial charge in [0.15, 0.2) is 5.96 Å². The first-order valence-electron chi connectivity index (χ1n) is 9.77. The Hall–Kier alpha value is -3.28. The molecule has 0 saturated heterocycles. The van der Waals surface area contributed by atoms with Crippen LogP contribution in [-0.2, 0) is 13.0 Å². The summed E-state index contributed by atoms with van der Waals surface area (Å²) in [5.74, 6) is 2.27. The maximum absolute atomic E-state index is 5.60. The number of oxazole rings is 1. The highest BCUT2D eigenvalue weighted by molar-refractivity contribution is 5.79. The molecule has 0 amide bonds. The Bertz CT molecular complexity index is 932. The standard InChI is InChI=1S/C23H28N4O2/c1-17-9-11-19(12-10-17)22-27-20(16-29-22)15-26-23(24-2)25-13-5-7-18-6-4-8-21(14-18)28-3/h4,6,8-12,14,16H,5,7,13,15H2,1-3H3,(H2,24,25,26). The van der Waals surface area contributed by atoms with Gasteiger partial charge in [0.2, 0.25) is 5.89 Å². The maximum atomic E-state index is 5.60. The zero-order valence-corrected chi connectivity index (χ0v) is 17.2. The van der Waals surface area contributed by atoms with Crippen LogP contribution in [0.1, 0.15) is 23.2 Å². The molecule has 0 atom stereocenters. The summed E-state index contributed by atoms with van der Waals surface area (Å²) in [6, 6.07) is 16.3. The largest absolute Gasteiger partial charge is 0.497 e. The summed E-state index contributed by atoms with van der Waals surface area (Å²) >= 11 is 0. The van der Waals surface area contributed by atoms with E-state index in [0.29, 0.717) is 12.4 Å². The van der Waals surface area contributed by atoms with Crippen LogP contribution in [0.3, 0.4) is 0 Å². The number of hydrogen-bond donors (Lipinski definition) is 2. The van der Waals surface area contributed by atoms with Gasteiger partial charge in [-0.2, -0.15) is 0 Å². The number of rotatable bonds is 8. The molecule has 0 radical (unpaired) electrons. The van der Waals surface area contributed by atoms with E-state index < -0.39 is 0 Å². The van der Waals surface area contributed by atoms with Gasteiger partial charge in [0.1, 0.15) is 12.0 Å². The molecule has 0 fully saturated rings. The molecule has 1 aromatic heterocycles. The van der Waals surface area contributed by atoms with E-state index in [4.69, 9.17) is 9.15 Å². The molecule has 2 aromatic carbocycles. The van der Waals surface area contributed by atoms with Gasteiger partial charge in [0.05, 0.1) is 19.3 Å². The molecule has 0 spiro atoms. The number of aryl methyl sites for hydroxylation is 2. The maximum Gasteiger partial charge on any atom is 0.226 e. The zero-order chi connectivity index (χ0) is 20.5. The molecule has 6 nitrogen and oxygen atoms in total. The van der Waals surface area contributed by atoms with E-state index in [-0.39, 0.29) is 0 Å². The van der Waals surface area contributed by atoms with Crippen LogP contribution in [0.5, 0.6) is 5.75 Å². The topological polar surface area (TPSA) is 71.7 Å². The molecule has 3 rings (SSSR count). The van der Waals surface area contributed by atoms with Crippen molar-refractivity contribution in [3.05, 3.63) is 71.6 Å². The first-order chi connectivity index (χ1) is 14.2. The summed E-state index contributed by atoms with van der Waals surface area (Å²) in [6.45, 7) is 3.43. The van der Waals surface area contributed by atoms with Crippen molar-refractivity contribution in [2.45, 2.75) is 26.3 Å². The molecule has 0 aliphatic rings. The third-order valence-corrected chi connectivity index (χ3v) is 4.58. The van der Waals surface area contributed by atoms with E-state index >= 15 is 0 Å². The van der Waals surface area contributed by atoms with Crippen molar-refractivity contribution in [3.63, 3.8) is 0 Å². The van der Waals surface area contributed by atoms with Crippen LogP contribution in [0.2, 0.25) is 0 Å². The highest BCUT2D eigenvalue weighted by Gasteiger charge is 2.07. The number of benzene rings is 2.